The number of hydrogen-bond acceptors (Lipinski definition) is 3. The van der Waals surface area contributed by atoms with E-state index < -0.39 is 5.97 Å². The molecule has 0 unspecified atom stereocenters. The highest BCUT2D eigenvalue weighted by Gasteiger charge is 2.06. The first-order valence-electron chi connectivity index (χ1n) is 5.64. The molecule has 0 spiro atoms. The molecule has 98 valence electrons. The number of aromatic nitrogens is 1. The fourth-order valence-electron chi connectivity index (χ4n) is 1.56. The molecule has 0 amide bonds. The number of benzene rings is 1. The van der Waals surface area contributed by atoms with Crippen molar-refractivity contribution in [1.82, 2.24) is 4.98 Å². The number of aromatic carboxylic acids is 1. The topological polar surface area (TPSA) is 59.4 Å². The minimum absolute atomic E-state index is 0.0204. The minimum atomic E-state index is -1.04. The normalized spacial score (nSPS) is 10.2. The van der Waals surface area contributed by atoms with E-state index in [1.54, 1.807) is 12.1 Å². The summed E-state index contributed by atoms with van der Waals surface area (Å²) in [4.78, 5) is 14.8. The zero-order valence-corrected chi connectivity index (χ0v) is 11.8. The van der Waals surface area contributed by atoms with Gasteiger partial charge in [0.1, 0.15) is 18.1 Å². The molecule has 4 nitrogen and oxygen atoms in total. The Hall–Kier alpha value is -1.88. The Bertz CT molecular complexity index is 613. The van der Waals surface area contributed by atoms with Gasteiger partial charge >= 0.3 is 5.97 Å². The quantitative estimate of drug-likeness (QED) is 0.937. The number of nitrogens with zero attached hydrogens (tertiary/aromatic N) is 1. The predicted molar refractivity (Wildman–Crippen MR) is 74.4 cm³/mol. The van der Waals surface area contributed by atoms with E-state index in [2.05, 4.69) is 20.9 Å². The van der Waals surface area contributed by atoms with Gasteiger partial charge in [0.15, 0.2) is 0 Å². The average Bonchev–Trinajstić information content (AvgIpc) is 2.40. The molecule has 5 heteroatoms. The van der Waals surface area contributed by atoms with E-state index in [0.29, 0.717) is 5.69 Å². The van der Waals surface area contributed by atoms with Crippen LogP contribution in [-0.4, -0.2) is 16.1 Å². The van der Waals surface area contributed by atoms with Crippen LogP contribution >= 0.6 is 15.9 Å². The van der Waals surface area contributed by atoms with Crippen LogP contribution < -0.4 is 4.74 Å². The highest BCUT2D eigenvalue weighted by Crippen LogP contribution is 2.23. The van der Waals surface area contributed by atoms with E-state index in [1.807, 2.05) is 25.1 Å². The second-order valence-electron chi connectivity index (χ2n) is 4.02. The molecular formula is C14H12BrNO3. The van der Waals surface area contributed by atoms with Crippen molar-refractivity contribution in [3.05, 3.63) is 57.8 Å². The molecular weight excluding hydrogens is 310 g/mol. The third kappa shape index (κ3) is 3.54. The molecule has 0 saturated heterocycles. The van der Waals surface area contributed by atoms with Crippen molar-refractivity contribution in [3.63, 3.8) is 0 Å². The second kappa shape index (κ2) is 5.84. The molecule has 1 heterocycles. The maximum absolute atomic E-state index is 10.8. The summed E-state index contributed by atoms with van der Waals surface area (Å²) in [6.45, 7) is 2.18. The minimum Gasteiger partial charge on any atom is -0.487 e. The predicted octanol–water partition coefficient (Wildman–Crippen LogP) is 3.43. The molecule has 0 aliphatic carbocycles. The van der Waals surface area contributed by atoms with Crippen LogP contribution in [0, 0.1) is 6.92 Å². The van der Waals surface area contributed by atoms with E-state index in [4.69, 9.17) is 9.84 Å². The average molecular weight is 322 g/mol. The zero-order chi connectivity index (χ0) is 13.8. The van der Waals surface area contributed by atoms with Gasteiger partial charge in [-0.1, -0.05) is 28.1 Å². The van der Waals surface area contributed by atoms with Gasteiger partial charge in [-0.05, 0) is 36.8 Å². The Morgan fingerprint density at radius 3 is 2.89 bits per heavy atom. The summed E-state index contributed by atoms with van der Waals surface area (Å²) < 4.78 is 6.58. The first-order chi connectivity index (χ1) is 9.06. The van der Waals surface area contributed by atoms with Crippen LogP contribution in [0.2, 0.25) is 0 Å². The number of rotatable bonds is 4. The molecule has 0 aliphatic rings. The molecule has 0 fully saturated rings. The van der Waals surface area contributed by atoms with Gasteiger partial charge in [-0.3, -0.25) is 0 Å². The summed E-state index contributed by atoms with van der Waals surface area (Å²) in [7, 11) is 0. The van der Waals surface area contributed by atoms with Crippen molar-refractivity contribution in [2.24, 2.45) is 0 Å². The highest BCUT2D eigenvalue weighted by atomic mass is 79.9. The largest absolute Gasteiger partial charge is 0.487 e. The van der Waals surface area contributed by atoms with Crippen molar-refractivity contribution >= 4 is 21.9 Å². The number of aryl methyl sites for hydroxylation is 1. The van der Waals surface area contributed by atoms with Crippen molar-refractivity contribution in [1.29, 1.82) is 0 Å². The van der Waals surface area contributed by atoms with Crippen molar-refractivity contribution < 1.29 is 14.6 Å². The zero-order valence-electron chi connectivity index (χ0n) is 10.3. The Morgan fingerprint density at radius 2 is 2.16 bits per heavy atom. The van der Waals surface area contributed by atoms with E-state index in [-0.39, 0.29) is 12.3 Å². The number of pyridine rings is 1. The number of ether oxygens (including phenoxy) is 1. The molecule has 0 saturated carbocycles. The van der Waals surface area contributed by atoms with Gasteiger partial charge in [0.2, 0.25) is 0 Å². The SMILES string of the molecule is Cc1ccc(Br)cc1OCc1cccc(C(=O)O)n1. The summed E-state index contributed by atoms with van der Waals surface area (Å²) >= 11 is 3.38. The van der Waals surface area contributed by atoms with Crippen molar-refractivity contribution in [2.75, 3.05) is 0 Å². The van der Waals surface area contributed by atoms with E-state index in [0.717, 1.165) is 15.8 Å². The van der Waals surface area contributed by atoms with Crippen LogP contribution in [0.15, 0.2) is 40.9 Å². The third-order valence-electron chi connectivity index (χ3n) is 2.55. The van der Waals surface area contributed by atoms with Gasteiger partial charge in [0.05, 0.1) is 5.69 Å². The number of carboxylic acid groups (broad SMARTS) is 1. The number of halogens is 1. The molecule has 1 aromatic carbocycles. The van der Waals surface area contributed by atoms with Crippen LogP contribution in [0.25, 0.3) is 0 Å². The summed E-state index contributed by atoms with van der Waals surface area (Å²) in [5, 5.41) is 8.87. The van der Waals surface area contributed by atoms with Crippen LogP contribution in [0.1, 0.15) is 21.7 Å². The van der Waals surface area contributed by atoms with Gasteiger partial charge in [0.25, 0.3) is 0 Å². The molecule has 0 atom stereocenters. The fraction of sp³-hybridized carbons (Fsp3) is 0.143. The first-order valence-corrected chi connectivity index (χ1v) is 6.44. The van der Waals surface area contributed by atoms with Gasteiger partial charge < -0.3 is 9.84 Å². The molecule has 1 aromatic heterocycles. The lowest BCUT2D eigenvalue weighted by atomic mass is 10.2. The number of carbonyl (C=O) groups is 1. The third-order valence-corrected chi connectivity index (χ3v) is 3.04. The monoisotopic (exact) mass is 321 g/mol. The Morgan fingerprint density at radius 1 is 1.37 bits per heavy atom. The summed E-state index contributed by atoms with van der Waals surface area (Å²) in [5.74, 6) is -0.294. The molecule has 2 rings (SSSR count). The van der Waals surface area contributed by atoms with E-state index in [1.165, 1.54) is 6.07 Å². The lowest BCUT2D eigenvalue weighted by molar-refractivity contribution is 0.0690. The molecule has 0 aliphatic heterocycles. The van der Waals surface area contributed by atoms with E-state index >= 15 is 0 Å². The van der Waals surface area contributed by atoms with Crippen molar-refractivity contribution in [3.8, 4) is 5.75 Å². The fourth-order valence-corrected chi connectivity index (χ4v) is 1.90. The standard InChI is InChI=1S/C14H12BrNO3/c1-9-5-6-10(15)7-13(9)19-8-11-3-2-4-12(16-11)14(17)18/h2-7H,8H2,1H3,(H,17,18). The van der Waals surface area contributed by atoms with Gasteiger partial charge in [0, 0.05) is 4.47 Å². The van der Waals surface area contributed by atoms with Crippen LogP contribution in [0.3, 0.4) is 0 Å². The lowest BCUT2D eigenvalue weighted by Gasteiger charge is -2.09. The Kier molecular flexibility index (Phi) is 4.16. The Balaban J connectivity index is 2.12. The first kappa shape index (κ1) is 13.5. The molecule has 19 heavy (non-hydrogen) atoms. The lowest BCUT2D eigenvalue weighted by Crippen LogP contribution is -2.05. The Labute approximate surface area is 119 Å². The van der Waals surface area contributed by atoms with E-state index in [9.17, 15) is 4.79 Å². The second-order valence-corrected chi connectivity index (χ2v) is 4.93. The molecule has 2 aromatic rings. The summed E-state index contributed by atoms with van der Waals surface area (Å²) in [5.41, 5.74) is 1.61. The summed E-state index contributed by atoms with van der Waals surface area (Å²) in [6, 6.07) is 10.6. The van der Waals surface area contributed by atoms with Gasteiger partial charge in [-0.15, -0.1) is 0 Å². The van der Waals surface area contributed by atoms with Gasteiger partial charge in [-0.25, -0.2) is 9.78 Å². The van der Waals surface area contributed by atoms with Crippen LogP contribution in [0.5, 0.6) is 5.75 Å². The van der Waals surface area contributed by atoms with Gasteiger partial charge in [-0.2, -0.15) is 0 Å². The number of carboxylic acids is 1. The molecule has 0 bridgehead atoms. The molecule has 1 N–H and O–H groups in total. The smallest absolute Gasteiger partial charge is 0.354 e. The maximum Gasteiger partial charge on any atom is 0.354 e. The van der Waals surface area contributed by atoms with Crippen LogP contribution in [0.4, 0.5) is 0 Å². The molecule has 0 radical (unpaired) electrons. The number of hydrogen-bond donors (Lipinski definition) is 1. The maximum atomic E-state index is 10.8. The summed E-state index contributed by atoms with van der Waals surface area (Å²) in [6.07, 6.45) is 0. The van der Waals surface area contributed by atoms with Crippen molar-refractivity contribution in [2.45, 2.75) is 13.5 Å². The van der Waals surface area contributed by atoms with Crippen LogP contribution in [-0.2, 0) is 6.61 Å². The highest BCUT2D eigenvalue weighted by molar-refractivity contribution is 9.10.